The Morgan fingerprint density at radius 2 is 1.86 bits per heavy atom. The quantitative estimate of drug-likeness (QED) is 0.636. The Morgan fingerprint density at radius 1 is 1.11 bits per heavy atom. The summed E-state index contributed by atoms with van der Waals surface area (Å²) < 4.78 is 11.4. The van der Waals surface area contributed by atoms with E-state index in [0.717, 1.165) is 33.4 Å². The number of rotatable bonds is 2. The lowest BCUT2D eigenvalue weighted by Gasteiger charge is -2.35. The fourth-order valence-corrected chi connectivity index (χ4v) is 4.15. The maximum atomic E-state index is 12.6. The van der Waals surface area contributed by atoms with Crippen LogP contribution in [0.2, 0.25) is 0 Å². The number of carbonyl (C=O) groups excluding carboxylic acids is 1. The first-order chi connectivity index (χ1) is 13.7. The molecule has 140 valence electrons. The maximum Gasteiger partial charge on any atom is 0.331 e. The average molecular weight is 372 g/mol. The van der Waals surface area contributed by atoms with Gasteiger partial charge >= 0.3 is 5.97 Å². The van der Waals surface area contributed by atoms with Gasteiger partial charge in [-0.3, -0.25) is 0 Å². The van der Waals surface area contributed by atoms with Crippen LogP contribution in [0.3, 0.4) is 0 Å². The van der Waals surface area contributed by atoms with Crippen molar-refractivity contribution in [3.8, 4) is 0 Å². The van der Waals surface area contributed by atoms with Crippen molar-refractivity contribution >= 4 is 28.6 Å². The number of nitrogens with zero attached hydrogens (tertiary/aromatic N) is 2. The van der Waals surface area contributed by atoms with Crippen molar-refractivity contribution in [2.45, 2.75) is 25.3 Å². The molecule has 28 heavy (non-hydrogen) atoms. The van der Waals surface area contributed by atoms with Crippen molar-refractivity contribution < 1.29 is 14.3 Å². The number of ether oxygens (including phenoxy) is 2. The molecule has 2 aliphatic rings. The van der Waals surface area contributed by atoms with E-state index in [-0.39, 0.29) is 18.3 Å². The summed E-state index contributed by atoms with van der Waals surface area (Å²) in [7, 11) is 1.42. The molecule has 0 N–H and O–H groups in total. The summed E-state index contributed by atoms with van der Waals surface area (Å²) in [5.74, 6) is -0.297. The summed E-state index contributed by atoms with van der Waals surface area (Å²) in [5.41, 5.74) is 4.71. The largest absolute Gasteiger partial charge is 0.467 e. The molecular formula is C23H20N2O3. The molecule has 3 aromatic rings. The Labute approximate surface area is 163 Å². The van der Waals surface area contributed by atoms with Gasteiger partial charge in [-0.15, -0.1) is 0 Å². The standard InChI is InChI=1S/C23H20N2O3/c1-14-21(23(26)27-2)25-20(15-8-4-3-5-9-15)13-19-17(22(25)28-14)12-16-10-6-7-11-18(16)24-19/h3-14,21-22H,1-2H3/t14-,21+,22+/m1/s1. The minimum atomic E-state index is -0.513. The van der Waals surface area contributed by atoms with Gasteiger partial charge in [0.15, 0.2) is 12.3 Å². The van der Waals surface area contributed by atoms with Gasteiger partial charge in [-0.25, -0.2) is 9.78 Å². The van der Waals surface area contributed by atoms with E-state index >= 15 is 0 Å². The number of hydrogen-bond donors (Lipinski definition) is 0. The van der Waals surface area contributed by atoms with Crippen LogP contribution in [0.25, 0.3) is 22.7 Å². The Hall–Kier alpha value is -3.18. The number of aromatic nitrogens is 1. The predicted octanol–water partition coefficient (Wildman–Crippen LogP) is 4.01. The molecule has 5 heteroatoms. The highest BCUT2D eigenvalue weighted by Gasteiger charge is 2.49. The molecule has 0 bridgehead atoms. The first-order valence-electron chi connectivity index (χ1n) is 9.36. The molecule has 0 aliphatic carbocycles. The van der Waals surface area contributed by atoms with Crippen LogP contribution >= 0.6 is 0 Å². The van der Waals surface area contributed by atoms with Gasteiger partial charge in [0.1, 0.15) is 0 Å². The first-order valence-corrected chi connectivity index (χ1v) is 9.36. The first kappa shape index (κ1) is 17.0. The third kappa shape index (κ3) is 2.51. The lowest BCUT2D eigenvalue weighted by atomic mass is 9.97. The Morgan fingerprint density at radius 3 is 2.64 bits per heavy atom. The van der Waals surface area contributed by atoms with Crippen LogP contribution in [0.15, 0.2) is 60.7 Å². The Kier molecular flexibility index (Phi) is 3.91. The molecule has 0 saturated carbocycles. The van der Waals surface area contributed by atoms with E-state index in [1.165, 1.54) is 7.11 Å². The summed E-state index contributed by atoms with van der Waals surface area (Å²) >= 11 is 0. The summed E-state index contributed by atoms with van der Waals surface area (Å²) in [6.45, 7) is 1.91. The number of methoxy groups -OCH3 is 1. The summed E-state index contributed by atoms with van der Waals surface area (Å²) in [6, 6.07) is 19.7. The zero-order valence-corrected chi connectivity index (χ0v) is 15.7. The van der Waals surface area contributed by atoms with E-state index in [9.17, 15) is 4.79 Å². The van der Waals surface area contributed by atoms with Crippen LogP contribution in [0, 0.1) is 0 Å². The number of benzene rings is 2. The highest BCUT2D eigenvalue weighted by molar-refractivity contribution is 5.90. The SMILES string of the molecule is COC(=O)[C@@H]1[C@@H](C)O[C@H]2c3cc4ccccc4nc3C=C(c3ccccc3)N12. The summed E-state index contributed by atoms with van der Waals surface area (Å²) in [6.07, 6.45) is 1.36. The summed E-state index contributed by atoms with van der Waals surface area (Å²) in [4.78, 5) is 19.5. The van der Waals surface area contributed by atoms with E-state index < -0.39 is 6.04 Å². The third-order valence-electron chi connectivity index (χ3n) is 5.45. The van der Waals surface area contributed by atoms with Crippen LogP contribution in [0.4, 0.5) is 0 Å². The van der Waals surface area contributed by atoms with Gasteiger partial charge in [0.05, 0.1) is 24.4 Å². The zero-order valence-electron chi connectivity index (χ0n) is 15.7. The molecule has 5 rings (SSSR count). The molecule has 1 fully saturated rings. The topological polar surface area (TPSA) is 51.7 Å². The molecule has 0 amide bonds. The number of pyridine rings is 1. The predicted molar refractivity (Wildman–Crippen MR) is 107 cm³/mol. The van der Waals surface area contributed by atoms with E-state index in [4.69, 9.17) is 14.5 Å². The van der Waals surface area contributed by atoms with Crippen LogP contribution in [-0.2, 0) is 14.3 Å². The number of esters is 1. The van der Waals surface area contributed by atoms with Crippen molar-refractivity contribution in [3.63, 3.8) is 0 Å². The van der Waals surface area contributed by atoms with Gasteiger partial charge in [0.2, 0.25) is 0 Å². The van der Waals surface area contributed by atoms with Gasteiger partial charge < -0.3 is 14.4 Å². The highest BCUT2D eigenvalue weighted by atomic mass is 16.6. The van der Waals surface area contributed by atoms with Gasteiger partial charge in [-0.1, -0.05) is 48.5 Å². The lowest BCUT2D eigenvalue weighted by Crippen LogP contribution is -2.42. The van der Waals surface area contributed by atoms with Gasteiger partial charge in [0, 0.05) is 16.6 Å². The van der Waals surface area contributed by atoms with Crippen molar-refractivity contribution in [1.29, 1.82) is 0 Å². The lowest BCUT2D eigenvalue weighted by molar-refractivity contribution is -0.145. The number of carbonyl (C=O) groups is 1. The van der Waals surface area contributed by atoms with Crippen LogP contribution in [-0.4, -0.2) is 35.1 Å². The molecule has 5 nitrogen and oxygen atoms in total. The van der Waals surface area contributed by atoms with Crippen molar-refractivity contribution in [2.75, 3.05) is 7.11 Å². The average Bonchev–Trinajstić information content (AvgIpc) is 3.09. The summed E-state index contributed by atoms with van der Waals surface area (Å²) in [5, 5.41) is 1.05. The molecule has 1 saturated heterocycles. The second kappa shape index (κ2) is 6.46. The number of para-hydroxylation sites is 1. The molecule has 0 unspecified atom stereocenters. The van der Waals surface area contributed by atoms with Crippen LogP contribution < -0.4 is 0 Å². The molecule has 1 aromatic heterocycles. The van der Waals surface area contributed by atoms with Crippen LogP contribution in [0.5, 0.6) is 0 Å². The van der Waals surface area contributed by atoms with E-state index in [1.807, 2.05) is 72.5 Å². The number of fused-ring (bicyclic) bond motifs is 4. The highest BCUT2D eigenvalue weighted by Crippen LogP contribution is 2.46. The second-order valence-electron chi connectivity index (χ2n) is 7.12. The van der Waals surface area contributed by atoms with Crippen molar-refractivity contribution in [1.82, 2.24) is 9.88 Å². The van der Waals surface area contributed by atoms with Crippen LogP contribution in [0.1, 0.15) is 30.0 Å². The van der Waals surface area contributed by atoms with Gasteiger partial charge in [0.25, 0.3) is 0 Å². The van der Waals surface area contributed by atoms with Gasteiger partial charge in [-0.2, -0.15) is 0 Å². The monoisotopic (exact) mass is 372 g/mol. The molecule has 3 heterocycles. The second-order valence-corrected chi connectivity index (χ2v) is 7.12. The molecule has 0 spiro atoms. The van der Waals surface area contributed by atoms with Crippen molar-refractivity contribution in [2.24, 2.45) is 0 Å². The van der Waals surface area contributed by atoms with Gasteiger partial charge in [-0.05, 0) is 30.7 Å². The zero-order chi connectivity index (χ0) is 19.3. The molecule has 3 atom stereocenters. The van der Waals surface area contributed by atoms with E-state index in [0.29, 0.717) is 0 Å². The smallest absolute Gasteiger partial charge is 0.331 e. The van der Waals surface area contributed by atoms with E-state index in [1.54, 1.807) is 0 Å². The molecule has 2 aliphatic heterocycles. The maximum absolute atomic E-state index is 12.6. The van der Waals surface area contributed by atoms with Crippen molar-refractivity contribution in [3.05, 3.63) is 77.5 Å². The fourth-order valence-electron chi connectivity index (χ4n) is 4.15. The Balaban J connectivity index is 1.75. The third-order valence-corrected chi connectivity index (χ3v) is 5.45. The Bertz CT molecular complexity index is 1090. The molecular weight excluding hydrogens is 352 g/mol. The number of hydrogen-bond acceptors (Lipinski definition) is 5. The molecule has 0 radical (unpaired) electrons. The molecule has 2 aromatic carbocycles. The fraction of sp³-hybridized carbons (Fsp3) is 0.217. The minimum absolute atomic E-state index is 0.297. The van der Waals surface area contributed by atoms with E-state index in [2.05, 4.69) is 6.07 Å². The minimum Gasteiger partial charge on any atom is -0.467 e. The normalized spacial score (nSPS) is 23.1.